The zero-order valence-corrected chi connectivity index (χ0v) is 11.0. The molecule has 0 heterocycles. The van der Waals surface area contributed by atoms with Crippen LogP contribution in [0, 0.1) is 0 Å². The van der Waals surface area contributed by atoms with E-state index in [1.807, 2.05) is 0 Å². The molecule has 0 aliphatic rings. The summed E-state index contributed by atoms with van der Waals surface area (Å²) in [7, 11) is 0. The molecular weight excluding hydrogens is 256 g/mol. The van der Waals surface area contributed by atoms with Crippen molar-refractivity contribution >= 4 is 12.3 Å². The number of para-hydroxylation sites is 1. The summed E-state index contributed by atoms with van der Waals surface area (Å²) in [5.74, 6) is -0.448. The van der Waals surface area contributed by atoms with Crippen LogP contribution in [-0.4, -0.2) is 24.0 Å². The highest BCUT2D eigenvalue weighted by atomic mass is 16.5. The Labute approximate surface area is 116 Å². The van der Waals surface area contributed by atoms with E-state index < -0.39 is 0 Å². The third-order valence-electron chi connectivity index (χ3n) is 2.90. The highest BCUT2D eigenvalue weighted by Gasteiger charge is 2.10. The Balaban J connectivity index is 2.35. The first-order chi connectivity index (χ1) is 9.67. The van der Waals surface area contributed by atoms with E-state index in [4.69, 9.17) is 4.74 Å². The molecule has 0 amide bonds. The van der Waals surface area contributed by atoms with Crippen LogP contribution in [0.4, 0.5) is 0 Å². The number of carbonyl (C=O) groups is 2. The van der Waals surface area contributed by atoms with Gasteiger partial charge in [-0.25, -0.2) is 4.79 Å². The lowest BCUT2D eigenvalue weighted by Crippen LogP contribution is -2.04. The largest absolute Gasteiger partial charge is 0.507 e. The zero-order chi connectivity index (χ0) is 14.5. The van der Waals surface area contributed by atoms with Gasteiger partial charge in [-0.2, -0.15) is 0 Å². The molecule has 0 aliphatic heterocycles. The van der Waals surface area contributed by atoms with Gasteiger partial charge in [-0.1, -0.05) is 24.3 Å². The number of esters is 1. The van der Waals surface area contributed by atoms with Crippen molar-refractivity contribution in [1.29, 1.82) is 0 Å². The van der Waals surface area contributed by atoms with Gasteiger partial charge in [0, 0.05) is 5.56 Å². The summed E-state index contributed by atoms with van der Waals surface area (Å²) in [6.45, 7) is 2.07. The molecule has 1 N–H and O–H groups in total. The van der Waals surface area contributed by atoms with Crippen LogP contribution in [0.25, 0.3) is 11.1 Å². The molecule has 0 spiro atoms. The second kappa shape index (κ2) is 6.02. The quantitative estimate of drug-likeness (QED) is 0.685. The minimum Gasteiger partial charge on any atom is -0.507 e. The lowest BCUT2D eigenvalue weighted by atomic mass is 10.0. The molecule has 4 nitrogen and oxygen atoms in total. The van der Waals surface area contributed by atoms with Crippen molar-refractivity contribution in [1.82, 2.24) is 0 Å². The average molecular weight is 270 g/mol. The number of hydrogen-bond donors (Lipinski definition) is 1. The van der Waals surface area contributed by atoms with Crippen LogP contribution in [0.1, 0.15) is 27.6 Å². The molecule has 2 rings (SSSR count). The molecular formula is C16H14O4. The van der Waals surface area contributed by atoms with Crippen LogP contribution in [0.5, 0.6) is 5.75 Å². The van der Waals surface area contributed by atoms with Crippen molar-refractivity contribution < 1.29 is 19.4 Å². The van der Waals surface area contributed by atoms with Crippen molar-refractivity contribution in [3.8, 4) is 16.9 Å². The number of phenolic OH excluding ortho intramolecular Hbond substituents is 1. The molecule has 102 valence electrons. The molecule has 0 saturated carbocycles. The minimum atomic E-state index is -0.384. The van der Waals surface area contributed by atoms with Crippen molar-refractivity contribution in [3.63, 3.8) is 0 Å². The lowest BCUT2D eigenvalue weighted by molar-refractivity contribution is 0.0526. The normalized spacial score (nSPS) is 10.1. The SMILES string of the molecule is CCOC(=O)c1ccc(-c2cccc(C=O)c2O)cc1. The summed E-state index contributed by atoms with van der Waals surface area (Å²) in [5.41, 5.74) is 1.95. The fraction of sp³-hybridized carbons (Fsp3) is 0.125. The summed E-state index contributed by atoms with van der Waals surface area (Å²) < 4.78 is 4.90. The van der Waals surface area contributed by atoms with Crippen LogP contribution < -0.4 is 0 Å². The Hall–Kier alpha value is -2.62. The molecule has 0 aliphatic carbocycles. The summed E-state index contributed by atoms with van der Waals surface area (Å²) in [5, 5.41) is 9.98. The number of aldehydes is 1. The molecule has 0 radical (unpaired) electrons. The van der Waals surface area contributed by atoms with E-state index in [0.717, 1.165) is 5.56 Å². The molecule has 4 heteroatoms. The number of aromatic hydroxyl groups is 1. The fourth-order valence-corrected chi connectivity index (χ4v) is 1.89. The van der Waals surface area contributed by atoms with E-state index in [9.17, 15) is 14.7 Å². The van der Waals surface area contributed by atoms with Crippen LogP contribution in [0.15, 0.2) is 42.5 Å². The zero-order valence-electron chi connectivity index (χ0n) is 11.0. The standard InChI is InChI=1S/C16H14O4/c1-2-20-16(19)12-8-6-11(7-9-12)14-5-3-4-13(10-17)15(14)18/h3-10,18H,2H2,1H3. The van der Waals surface area contributed by atoms with Crippen molar-refractivity contribution in [2.75, 3.05) is 6.61 Å². The maximum Gasteiger partial charge on any atom is 0.338 e. The Morgan fingerprint density at radius 2 is 1.90 bits per heavy atom. The van der Waals surface area contributed by atoms with Gasteiger partial charge < -0.3 is 9.84 Å². The Morgan fingerprint density at radius 3 is 2.50 bits per heavy atom. The first kappa shape index (κ1) is 13.8. The van der Waals surface area contributed by atoms with E-state index >= 15 is 0 Å². The van der Waals surface area contributed by atoms with E-state index in [2.05, 4.69) is 0 Å². The predicted octanol–water partition coefficient (Wildman–Crippen LogP) is 3.05. The molecule has 0 fully saturated rings. The van der Waals surface area contributed by atoms with E-state index in [-0.39, 0.29) is 17.3 Å². The van der Waals surface area contributed by atoms with Crippen molar-refractivity contribution in [2.24, 2.45) is 0 Å². The van der Waals surface area contributed by atoms with Gasteiger partial charge >= 0.3 is 5.97 Å². The molecule has 2 aromatic rings. The maximum atomic E-state index is 11.5. The van der Waals surface area contributed by atoms with Crippen molar-refractivity contribution in [2.45, 2.75) is 6.92 Å². The minimum absolute atomic E-state index is 0.0635. The highest BCUT2D eigenvalue weighted by Crippen LogP contribution is 2.31. The molecule has 0 bridgehead atoms. The Kier molecular flexibility index (Phi) is 4.15. The smallest absolute Gasteiger partial charge is 0.338 e. The highest BCUT2D eigenvalue weighted by molar-refractivity contribution is 5.91. The monoisotopic (exact) mass is 270 g/mol. The summed E-state index contributed by atoms with van der Waals surface area (Å²) in [6.07, 6.45) is 0.603. The van der Waals surface area contributed by atoms with E-state index in [1.54, 1.807) is 49.4 Å². The number of ether oxygens (including phenoxy) is 1. The number of carbonyl (C=O) groups excluding carboxylic acids is 2. The lowest BCUT2D eigenvalue weighted by Gasteiger charge is -2.07. The molecule has 20 heavy (non-hydrogen) atoms. The van der Waals surface area contributed by atoms with E-state index in [1.165, 1.54) is 0 Å². The first-order valence-electron chi connectivity index (χ1n) is 6.22. The number of benzene rings is 2. The number of hydrogen-bond acceptors (Lipinski definition) is 4. The third kappa shape index (κ3) is 2.69. The van der Waals surface area contributed by atoms with Gasteiger partial charge in [0.2, 0.25) is 0 Å². The van der Waals surface area contributed by atoms with Gasteiger partial charge in [-0.05, 0) is 30.7 Å². The van der Waals surface area contributed by atoms with Crippen LogP contribution in [0.3, 0.4) is 0 Å². The fourth-order valence-electron chi connectivity index (χ4n) is 1.89. The summed E-state index contributed by atoms with van der Waals surface area (Å²) >= 11 is 0. The maximum absolute atomic E-state index is 11.5. The Morgan fingerprint density at radius 1 is 1.20 bits per heavy atom. The molecule has 0 unspecified atom stereocenters. The first-order valence-corrected chi connectivity index (χ1v) is 6.22. The van der Waals surface area contributed by atoms with Crippen LogP contribution in [0.2, 0.25) is 0 Å². The Bertz CT molecular complexity index is 629. The van der Waals surface area contributed by atoms with E-state index in [0.29, 0.717) is 24.0 Å². The van der Waals surface area contributed by atoms with Gasteiger partial charge in [0.15, 0.2) is 6.29 Å². The van der Waals surface area contributed by atoms with Crippen LogP contribution in [-0.2, 0) is 4.74 Å². The third-order valence-corrected chi connectivity index (χ3v) is 2.90. The average Bonchev–Trinajstić information content (AvgIpc) is 2.48. The molecule has 2 aromatic carbocycles. The number of phenols is 1. The van der Waals surface area contributed by atoms with Gasteiger partial charge in [-0.15, -0.1) is 0 Å². The topological polar surface area (TPSA) is 63.6 Å². The van der Waals surface area contributed by atoms with Gasteiger partial charge in [-0.3, -0.25) is 4.79 Å². The second-order valence-electron chi connectivity index (χ2n) is 4.16. The predicted molar refractivity (Wildman–Crippen MR) is 74.9 cm³/mol. The molecule has 0 atom stereocenters. The summed E-state index contributed by atoms with van der Waals surface area (Å²) in [4.78, 5) is 22.3. The van der Waals surface area contributed by atoms with Gasteiger partial charge in [0.25, 0.3) is 0 Å². The molecule has 0 saturated heterocycles. The number of rotatable bonds is 4. The van der Waals surface area contributed by atoms with Gasteiger partial charge in [0.05, 0.1) is 17.7 Å². The summed E-state index contributed by atoms with van der Waals surface area (Å²) in [6, 6.07) is 11.6. The molecule has 0 aromatic heterocycles. The van der Waals surface area contributed by atoms with Crippen molar-refractivity contribution in [3.05, 3.63) is 53.6 Å². The van der Waals surface area contributed by atoms with Gasteiger partial charge in [0.1, 0.15) is 5.75 Å². The van der Waals surface area contributed by atoms with Crippen LogP contribution >= 0.6 is 0 Å². The second-order valence-corrected chi connectivity index (χ2v) is 4.16.